The molecule has 0 spiro atoms. The van der Waals surface area contributed by atoms with Gasteiger partial charge in [-0.3, -0.25) is 0 Å². The summed E-state index contributed by atoms with van der Waals surface area (Å²) in [6, 6.07) is 3.95. The molecule has 0 aliphatic carbocycles. The number of aromatic nitrogens is 1. The highest BCUT2D eigenvalue weighted by molar-refractivity contribution is 7.22. The van der Waals surface area contributed by atoms with Crippen molar-refractivity contribution >= 4 is 38.8 Å². The molecule has 0 saturated carbocycles. The Morgan fingerprint density at radius 3 is 2.84 bits per heavy atom. The van der Waals surface area contributed by atoms with E-state index in [-0.39, 0.29) is 6.04 Å². The number of halogens is 1. The Morgan fingerprint density at radius 2 is 2.16 bits per heavy atom. The summed E-state index contributed by atoms with van der Waals surface area (Å²) in [7, 11) is 0. The molecule has 0 aromatic carbocycles. The van der Waals surface area contributed by atoms with Gasteiger partial charge in [-0.05, 0) is 19.1 Å². The predicted molar refractivity (Wildman–Crippen MR) is 80.3 cm³/mol. The topological polar surface area (TPSA) is 51.4 Å². The first-order chi connectivity index (χ1) is 9.15. The molecule has 3 heterocycles. The van der Waals surface area contributed by atoms with Crippen LogP contribution in [0.3, 0.4) is 0 Å². The number of fused-ring (bicyclic) bond motifs is 1. The summed E-state index contributed by atoms with van der Waals surface area (Å²) in [4.78, 5) is 6.98. The molecule has 1 saturated heterocycles. The minimum Gasteiger partial charge on any atom is -0.378 e. The van der Waals surface area contributed by atoms with Crippen molar-refractivity contribution < 1.29 is 4.74 Å². The smallest absolute Gasteiger partial charge is 0.137 e. The quantitative estimate of drug-likeness (QED) is 0.926. The minimum atomic E-state index is -0.0786. The van der Waals surface area contributed by atoms with Crippen LogP contribution >= 0.6 is 22.9 Å². The lowest BCUT2D eigenvalue weighted by molar-refractivity contribution is 0.122. The third kappa shape index (κ3) is 2.56. The number of ether oxygens (including phenoxy) is 1. The zero-order valence-electron chi connectivity index (χ0n) is 10.7. The van der Waals surface area contributed by atoms with Gasteiger partial charge in [-0.15, -0.1) is 11.3 Å². The maximum atomic E-state index is 6.14. The van der Waals surface area contributed by atoms with Crippen LogP contribution < -0.4 is 10.6 Å². The van der Waals surface area contributed by atoms with Gasteiger partial charge in [0.1, 0.15) is 5.82 Å². The van der Waals surface area contributed by atoms with Crippen LogP contribution in [0.5, 0.6) is 0 Å². The zero-order chi connectivity index (χ0) is 13.4. The summed E-state index contributed by atoms with van der Waals surface area (Å²) in [6.45, 7) is 5.15. The summed E-state index contributed by atoms with van der Waals surface area (Å²) >= 11 is 7.72. The number of pyridine rings is 1. The molecule has 2 N–H and O–H groups in total. The van der Waals surface area contributed by atoms with E-state index >= 15 is 0 Å². The second-order valence-corrected chi connectivity index (χ2v) is 6.44. The van der Waals surface area contributed by atoms with Crippen LogP contribution in [0.15, 0.2) is 12.1 Å². The van der Waals surface area contributed by atoms with Crippen molar-refractivity contribution in [2.24, 2.45) is 5.73 Å². The van der Waals surface area contributed by atoms with Crippen molar-refractivity contribution in [1.29, 1.82) is 0 Å². The van der Waals surface area contributed by atoms with Crippen molar-refractivity contribution in [1.82, 2.24) is 4.98 Å². The second kappa shape index (κ2) is 5.25. The number of hydrogen-bond donors (Lipinski definition) is 1. The third-order valence-corrected chi connectivity index (χ3v) is 4.47. The van der Waals surface area contributed by atoms with Gasteiger partial charge in [-0.25, -0.2) is 4.98 Å². The first-order valence-corrected chi connectivity index (χ1v) is 7.53. The van der Waals surface area contributed by atoms with Crippen LogP contribution in [0.4, 0.5) is 5.82 Å². The largest absolute Gasteiger partial charge is 0.378 e. The molecule has 1 unspecified atom stereocenters. The van der Waals surface area contributed by atoms with Crippen molar-refractivity contribution in [2.45, 2.75) is 13.0 Å². The van der Waals surface area contributed by atoms with Crippen LogP contribution in [-0.2, 0) is 4.74 Å². The average molecular weight is 298 g/mol. The van der Waals surface area contributed by atoms with Gasteiger partial charge in [0.15, 0.2) is 0 Å². The Kier molecular flexibility index (Phi) is 3.62. The molecule has 1 atom stereocenters. The normalized spacial score (nSPS) is 17.9. The van der Waals surface area contributed by atoms with E-state index in [1.54, 1.807) is 11.3 Å². The number of hydrogen-bond acceptors (Lipinski definition) is 5. The van der Waals surface area contributed by atoms with E-state index in [4.69, 9.17) is 27.1 Å². The molecule has 102 valence electrons. The molecular weight excluding hydrogens is 282 g/mol. The zero-order valence-corrected chi connectivity index (χ0v) is 12.3. The van der Waals surface area contributed by atoms with Crippen LogP contribution in [0.25, 0.3) is 10.1 Å². The lowest BCUT2D eigenvalue weighted by Crippen LogP contribution is -2.37. The van der Waals surface area contributed by atoms with Crippen molar-refractivity contribution in [2.75, 3.05) is 31.2 Å². The molecular formula is C13H16ClN3OS. The summed E-state index contributed by atoms with van der Waals surface area (Å²) in [5, 5.41) is 1.11. The number of thiophene rings is 1. The second-order valence-electron chi connectivity index (χ2n) is 4.72. The summed E-state index contributed by atoms with van der Waals surface area (Å²) < 4.78 is 7.33. The van der Waals surface area contributed by atoms with Gasteiger partial charge in [-0.1, -0.05) is 11.6 Å². The van der Waals surface area contributed by atoms with Gasteiger partial charge in [0.05, 0.1) is 23.2 Å². The van der Waals surface area contributed by atoms with E-state index < -0.39 is 0 Å². The summed E-state index contributed by atoms with van der Waals surface area (Å²) in [5.41, 5.74) is 6.89. The third-order valence-electron chi connectivity index (χ3n) is 3.26. The van der Waals surface area contributed by atoms with E-state index in [1.165, 1.54) is 0 Å². The van der Waals surface area contributed by atoms with Gasteiger partial charge < -0.3 is 15.4 Å². The number of nitrogens with two attached hydrogens (primary N) is 1. The summed E-state index contributed by atoms with van der Waals surface area (Å²) in [5.74, 6) is 0.983. The molecule has 3 rings (SSSR count). The fraction of sp³-hybridized carbons (Fsp3) is 0.462. The van der Waals surface area contributed by atoms with Crippen molar-refractivity contribution in [3.63, 3.8) is 0 Å². The molecule has 19 heavy (non-hydrogen) atoms. The Balaban J connectivity index is 2.13. The Bertz CT molecular complexity index is 593. The molecule has 0 bridgehead atoms. The Morgan fingerprint density at radius 1 is 1.42 bits per heavy atom. The lowest BCUT2D eigenvalue weighted by atomic mass is 10.2. The van der Waals surface area contributed by atoms with E-state index in [0.29, 0.717) is 0 Å². The first-order valence-electron chi connectivity index (χ1n) is 6.33. The van der Waals surface area contributed by atoms with Crippen LogP contribution in [-0.4, -0.2) is 31.3 Å². The van der Waals surface area contributed by atoms with E-state index in [9.17, 15) is 0 Å². The Hall–Kier alpha value is -0.880. The molecule has 0 radical (unpaired) electrons. The van der Waals surface area contributed by atoms with Crippen molar-refractivity contribution in [3.05, 3.63) is 22.2 Å². The molecule has 4 nitrogen and oxygen atoms in total. The number of rotatable bonds is 2. The fourth-order valence-corrected chi connectivity index (χ4v) is 3.44. The SMILES string of the molecule is CC(N)c1cc2sc(Cl)cc2c(N2CCOCC2)n1. The van der Waals surface area contributed by atoms with Gasteiger partial charge >= 0.3 is 0 Å². The molecule has 1 aliphatic rings. The number of morpholine rings is 1. The number of nitrogens with zero attached hydrogens (tertiary/aromatic N) is 2. The maximum Gasteiger partial charge on any atom is 0.137 e. The van der Waals surface area contributed by atoms with Gasteiger partial charge in [0, 0.05) is 29.2 Å². The molecule has 1 fully saturated rings. The van der Waals surface area contributed by atoms with Gasteiger partial charge in [0.2, 0.25) is 0 Å². The van der Waals surface area contributed by atoms with E-state index in [0.717, 1.165) is 52.2 Å². The highest BCUT2D eigenvalue weighted by atomic mass is 35.5. The van der Waals surface area contributed by atoms with E-state index in [2.05, 4.69) is 4.90 Å². The molecule has 2 aromatic heterocycles. The molecule has 0 amide bonds. The van der Waals surface area contributed by atoms with Crippen LogP contribution in [0.2, 0.25) is 4.34 Å². The monoisotopic (exact) mass is 297 g/mol. The Labute approximate surface area is 121 Å². The predicted octanol–water partition coefficient (Wildman–Crippen LogP) is 2.81. The minimum absolute atomic E-state index is 0.0786. The molecule has 1 aliphatic heterocycles. The fourth-order valence-electron chi connectivity index (χ4n) is 2.25. The van der Waals surface area contributed by atoms with Gasteiger partial charge in [0.25, 0.3) is 0 Å². The summed E-state index contributed by atoms with van der Waals surface area (Å²) in [6.07, 6.45) is 0. The molecule has 2 aromatic rings. The van der Waals surface area contributed by atoms with E-state index in [1.807, 2.05) is 19.1 Å². The van der Waals surface area contributed by atoms with Crippen molar-refractivity contribution in [3.8, 4) is 0 Å². The standard InChI is InChI=1S/C13H16ClN3OS/c1-8(15)10-7-11-9(6-12(14)19-11)13(16-10)17-2-4-18-5-3-17/h6-8H,2-5,15H2,1H3. The average Bonchev–Trinajstić information content (AvgIpc) is 2.78. The van der Waals surface area contributed by atoms with Crippen LogP contribution in [0, 0.1) is 0 Å². The first kappa shape index (κ1) is 13.1. The number of anilines is 1. The lowest BCUT2D eigenvalue weighted by Gasteiger charge is -2.29. The van der Waals surface area contributed by atoms with Crippen LogP contribution in [0.1, 0.15) is 18.7 Å². The maximum absolute atomic E-state index is 6.14. The highest BCUT2D eigenvalue weighted by Gasteiger charge is 2.18. The highest BCUT2D eigenvalue weighted by Crippen LogP contribution is 2.36. The van der Waals surface area contributed by atoms with Gasteiger partial charge in [-0.2, -0.15) is 0 Å². The molecule has 6 heteroatoms.